The largest absolute Gasteiger partial charge is 0.326 e. The number of hydrogen-bond acceptors (Lipinski definition) is 4. The second-order valence-electron chi connectivity index (χ2n) is 6.58. The summed E-state index contributed by atoms with van der Waals surface area (Å²) in [5.74, 6) is 1.06. The Morgan fingerprint density at radius 2 is 1.88 bits per heavy atom. The van der Waals surface area contributed by atoms with Crippen molar-refractivity contribution < 1.29 is 13.2 Å². The van der Waals surface area contributed by atoms with Gasteiger partial charge in [0.15, 0.2) is 0 Å². The molecule has 2 N–H and O–H groups in total. The second kappa shape index (κ2) is 6.93. The van der Waals surface area contributed by atoms with Crippen LogP contribution in [0.1, 0.15) is 39.0 Å². The maximum absolute atomic E-state index is 12.4. The summed E-state index contributed by atoms with van der Waals surface area (Å²) in [5.41, 5.74) is 0.616. The van der Waals surface area contributed by atoms with E-state index in [1.807, 2.05) is 6.92 Å². The highest BCUT2D eigenvalue weighted by atomic mass is 32.2. The first kappa shape index (κ1) is 17.0. The van der Waals surface area contributed by atoms with Gasteiger partial charge in [-0.1, -0.05) is 13.3 Å². The van der Waals surface area contributed by atoms with E-state index < -0.39 is 10.0 Å². The van der Waals surface area contributed by atoms with Crippen LogP contribution in [-0.2, 0) is 14.8 Å². The summed E-state index contributed by atoms with van der Waals surface area (Å²) in [7, 11) is -3.63. The van der Waals surface area contributed by atoms with Gasteiger partial charge in [-0.3, -0.25) is 14.5 Å². The third-order valence-corrected chi connectivity index (χ3v) is 5.90. The molecule has 0 unspecified atom stereocenters. The molecule has 0 saturated heterocycles. The van der Waals surface area contributed by atoms with Gasteiger partial charge in [-0.2, -0.15) is 0 Å². The number of nitrogens with zero attached hydrogens (tertiary/aromatic N) is 1. The summed E-state index contributed by atoms with van der Waals surface area (Å²) in [4.78, 5) is 16.4. The molecule has 6 nitrogen and oxygen atoms in total. The van der Waals surface area contributed by atoms with Crippen LogP contribution in [0, 0.1) is 11.8 Å². The SMILES string of the molecule is C[C@H]1C[C@@H]1C(=O)Nc1ccc(S(=O)(=O)NC2=NCCCCC2)cc1. The molecule has 1 amide bonds. The van der Waals surface area contributed by atoms with Gasteiger partial charge in [0.1, 0.15) is 5.84 Å². The number of amides is 1. The van der Waals surface area contributed by atoms with Gasteiger partial charge in [0.05, 0.1) is 4.90 Å². The Kier molecular flexibility index (Phi) is 4.89. The molecule has 0 aromatic heterocycles. The minimum atomic E-state index is -3.63. The summed E-state index contributed by atoms with van der Waals surface area (Å²) in [6.45, 7) is 2.71. The molecule has 1 heterocycles. The van der Waals surface area contributed by atoms with E-state index in [0.717, 1.165) is 25.7 Å². The molecule has 1 fully saturated rings. The number of aliphatic imine (C=N–C) groups is 1. The third-order valence-electron chi connectivity index (χ3n) is 4.50. The van der Waals surface area contributed by atoms with Crippen LogP contribution in [0.25, 0.3) is 0 Å². The molecule has 1 aromatic carbocycles. The average Bonchev–Trinajstić information content (AvgIpc) is 3.31. The fourth-order valence-electron chi connectivity index (χ4n) is 2.81. The number of hydrogen-bond donors (Lipinski definition) is 2. The highest BCUT2D eigenvalue weighted by Gasteiger charge is 2.39. The van der Waals surface area contributed by atoms with Crippen molar-refractivity contribution in [2.75, 3.05) is 11.9 Å². The van der Waals surface area contributed by atoms with Crippen molar-refractivity contribution in [3.63, 3.8) is 0 Å². The Hall–Kier alpha value is -1.89. The predicted molar refractivity (Wildman–Crippen MR) is 93.4 cm³/mol. The number of nitrogens with one attached hydrogen (secondary N) is 2. The molecule has 0 radical (unpaired) electrons. The molecule has 24 heavy (non-hydrogen) atoms. The lowest BCUT2D eigenvalue weighted by atomic mass is 10.2. The van der Waals surface area contributed by atoms with Crippen LogP contribution in [0.2, 0.25) is 0 Å². The van der Waals surface area contributed by atoms with E-state index in [1.165, 1.54) is 12.1 Å². The number of amidine groups is 1. The molecule has 130 valence electrons. The molecule has 0 bridgehead atoms. The van der Waals surface area contributed by atoms with Crippen molar-refractivity contribution >= 4 is 27.5 Å². The predicted octanol–water partition coefficient (Wildman–Crippen LogP) is 2.53. The number of carbonyl (C=O) groups excluding carboxylic acids is 1. The first-order chi connectivity index (χ1) is 11.5. The quantitative estimate of drug-likeness (QED) is 0.875. The molecule has 7 heteroatoms. The van der Waals surface area contributed by atoms with Crippen molar-refractivity contribution in [1.82, 2.24) is 4.72 Å². The van der Waals surface area contributed by atoms with Gasteiger partial charge in [0, 0.05) is 24.6 Å². The number of benzene rings is 1. The molecule has 3 rings (SSSR count). The number of rotatable bonds is 4. The molecule has 2 atom stereocenters. The second-order valence-corrected chi connectivity index (χ2v) is 8.26. The standard InChI is InChI=1S/C17H23N3O3S/c1-12-11-15(12)17(21)19-13-6-8-14(9-7-13)24(22,23)20-16-5-3-2-4-10-18-16/h6-9,12,15H,2-5,10-11H2,1H3,(H,18,20)(H,19,21)/t12-,15-/m0/s1. The minimum absolute atomic E-state index is 0.00374. The maximum atomic E-state index is 12.4. The Balaban J connectivity index is 1.65. The van der Waals surface area contributed by atoms with E-state index >= 15 is 0 Å². The van der Waals surface area contributed by atoms with E-state index in [0.29, 0.717) is 30.4 Å². The van der Waals surface area contributed by atoms with Crippen molar-refractivity contribution in [2.45, 2.75) is 43.9 Å². The van der Waals surface area contributed by atoms with Crippen LogP contribution >= 0.6 is 0 Å². The van der Waals surface area contributed by atoms with Crippen LogP contribution in [-0.4, -0.2) is 26.7 Å². The van der Waals surface area contributed by atoms with E-state index in [4.69, 9.17) is 0 Å². The highest BCUT2D eigenvalue weighted by molar-refractivity contribution is 7.90. The van der Waals surface area contributed by atoms with E-state index in [9.17, 15) is 13.2 Å². The molecule has 2 aliphatic rings. The monoisotopic (exact) mass is 349 g/mol. The van der Waals surface area contributed by atoms with E-state index in [1.54, 1.807) is 12.1 Å². The maximum Gasteiger partial charge on any atom is 0.262 e. The number of sulfonamides is 1. The average molecular weight is 349 g/mol. The Bertz CT molecular complexity index is 741. The van der Waals surface area contributed by atoms with Gasteiger partial charge >= 0.3 is 0 Å². The van der Waals surface area contributed by atoms with Crippen LogP contribution in [0.4, 0.5) is 5.69 Å². The lowest BCUT2D eigenvalue weighted by molar-refractivity contribution is -0.117. The molecule has 1 aromatic rings. The zero-order valence-corrected chi connectivity index (χ0v) is 14.6. The number of carbonyl (C=O) groups is 1. The van der Waals surface area contributed by atoms with Crippen molar-refractivity contribution in [1.29, 1.82) is 0 Å². The van der Waals surface area contributed by atoms with Crippen molar-refractivity contribution in [3.05, 3.63) is 24.3 Å². The third kappa shape index (κ3) is 4.14. The number of anilines is 1. The van der Waals surface area contributed by atoms with E-state index in [-0.39, 0.29) is 16.7 Å². The van der Waals surface area contributed by atoms with Gasteiger partial charge in [-0.05, 0) is 49.4 Å². The minimum Gasteiger partial charge on any atom is -0.326 e. The van der Waals surface area contributed by atoms with E-state index in [2.05, 4.69) is 15.0 Å². The molecule has 1 aliphatic heterocycles. The summed E-state index contributed by atoms with van der Waals surface area (Å²) in [6.07, 6.45) is 4.60. The van der Waals surface area contributed by atoms with Gasteiger partial charge in [0.25, 0.3) is 10.0 Å². The Labute approximate surface area is 142 Å². The van der Waals surface area contributed by atoms with Crippen LogP contribution in [0.3, 0.4) is 0 Å². The lowest BCUT2D eigenvalue weighted by Gasteiger charge is -2.10. The van der Waals surface area contributed by atoms with Crippen LogP contribution < -0.4 is 10.0 Å². The zero-order chi connectivity index (χ0) is 17.2. The van der Waals surface area contributed by atoms with Gasteiger partial charge < -0.3 is 5.32 Å². The fraction of sp³-hybridized carbons (Fsp3) is 0.529. The first-order valence-corrected chi connectivity index (χ1v) is 9.91. The molecule has 1 aliphatic carbocycles. The Morgan fingerprint density at radius 3 is 2.54 bits per heavy atom. The Morgan fingerprint density at radius 1 is 1.17 bits per heavy atom. The lowest BCUT2D eigenvalue weighted by Crippen LogP contribution is -2.30. The summed E-state index contributed by atoms with van der Waals surface area (Å²) in [5, 5.41) is 2.82. The summed E-state index contributed by atoms with van der Waals surface area (Å²) < 4.78 is 27.4. The van der Waals surface area contributed by atoms with Crippen molar-refractivity contribution in [2.24, 2.45) is 16.8 Å². The van der Waals surface area contributed by atoms with Gasteiger partial charge in [-0.15, -0.1) is 0 Å². The molecule has 0 spiro atoms. The summed E-state index contributed by atoms with van der Waals surface area (Å²) >= 11 is 0. The molecular formula is C17H23N3O3S. The molecular weight excluding hydrogens is 326 g/mol. The molecule has 1 saturated carbocycles. The zero-order valence-electron chi connectivity index (χ0n) is 13.8. The highest BCUT2D eigenvalue weighted by Crippen LogP contribution is 2.38. The van der Waals surface area contributed by atoms with Gasteiger partial charge in [0.2, 0.25) is 5.91 Å². The smallest absolute Gasteiger partial charge is 0.262 e. The normalized spacial score (nSPS) is 23.8. The topological polar surface area (TPSA) is 87.6 Å². The van der Waals surface area contributed by atoms with Gasteiger partial charge in [-0.25, -0.2) is 8.42 Å². The summed E-state index contributed by atoms with van der Waals surface area (Å²) in [6, 6.07) is 6.25. The van der Waals surface area contributed by atoms with Crippen LogP contribution in [0.5, 0.6) is 0 Å². The van der Waals surface area contributed by atoms with Crippen LogP contribution in [0.15, 0.2) is 34.2 Å². The fourth-order valence-corrected chi connectivity index (χ4v) is 3.90. The first-order valence-electron chi connectivity index (χ1n) is 8.43. The van der Waals surface area contributed by atoms with Crippen molar-refractivity contribution in [3.8, 4) is 0 Å².